The molecule has 3 rings (SSSR count). The van der Waals surface area contributed by atoms with Crippen molar-refractivity contribution in [3.05, 3.63) is 64.2 Å². The van der Waals surface area contributed by atoms with E-state index in [2.05, 4.69) is 4.98 Å². The molecule has 3 N–H and O–H groups in total. The van der Waals surface area contributed by atoms with Gasteiger partial charge in [-0.15, -0.1) is 0 Å². The van der Waals surface area contributed by atoms with Crippen LogP contribution in [0.4, 0.5) is 26.7 Å². The molecule has 2 atom stereocenters. The summed E-state index contributed by atoms with van der Waals surface area (Å²) in [7, 11) is -4.21. The molecule has 0 saturated carbocycles. The van der Waals surface area contributed by atoms with Gasteiger partial charge >= 0.3 is 12.0 Å². The van der Waals surface area contributed by atoms with Crippen LogP contribution in [0.2, 0.25) is 0 Å². The molecule has 1 aliphatic heterocycles. The first-order chi connectivity index (χ1) is 18.3. The molecule has 14 heteroatoms. The Morgan fingerprint density at radius 1 is 1.23 bits per heavy atom. The molecule has 1 amide bonds. The fourth-order valence-corrected chi connectivity index (χ4v) is 5.31. The maximum absolute atomic E-state index is 15.8. The van der Waals surface area contributed by atoms with Gasteiger partial charge in [-0.1, -0.05) is 18.2 Å². The van der Waals surface area contributed by atoms with Crippen LogP contribution in [0.3, 0.4) is 0 Å². The van der Waals surface area contributed by atoms with E-state index in [9.17, 15) is 13.2 Å². The predicted molar refractivity (Wildman–Crippen MR) is 138 cm³/mol. The smallest absolute Gasteiger partial charge is 0.410 e. The lowest BCUT2D eigenvalue weighted by atomic mass is 9.94. The van der Waals surface area contributed by atoms with Crippen molar-refractivity contribution in [2.45, 2.75) is 77.1 Å². The molecule has 40 heavy (non-hydrogen) atoms. The second kappa shape index (κ2) is 11.2. The second-order valence-electron chi connectivity index (χ2n) is 10.7. The Bertz CT molecular complexity index is 1370. The van der Waals surface area contributed by atoms with Gasteiger partial charge in [0.15, 0.2) is 0 Å². The van der Waals surface area contributed by atoms with E-state index < -0.39 is 87.0 Å². The average Bonchev–Trinajstić information content (AvgIpc) is 3.08. The highest BCUT2D eigenvalue weighted by Gasteiger charge is 2.58. The summed E-state index contributed by atoms with van der Waals surface area (Å²) >= 11 is 0. The van der Waals surface area contributed by atoms with Crippen LogP contribution < -0.4 is 10.5 Å². The number of alkyl halides is 4. The Morgan fingerprint density at radius 3 is 2.45 bits per heavy atom. The van der Waals surface area contributed by atoms with Crippen molar-refractivity contribution in [1.29, 1.82) is 0 Å². The number of amides is 1. The summed E-state index contributed by atoms with van der Waals surface area (Å²) in [6, 6.07) is 2.10. The lowest BCUT2D eigenvalue weighted by Gasteiger charge is -2.30. The summed E-state index contributed by atoms with van der Waals surface area (Å²) in [6.45, 7) is 5.78. The van der Waals surface area contributed by atoms with Crippen LogP contribution in [0, 0.1) is 12.7 Å². The number of carbonyl (C=O) groups is 1. The largest absolute Gasteiger partial charge is 0.444 e. The average molecular weight is 593 g/mol. The van der Waals surface area contributed by atoms with E-state index in [1.807, 2.05) is 4.72 Å². The van der Waals surface area contributed by atoms with Crippen LogP contribution in [0.1, 0.15) is 55.8 Å². The van der Waals surface area contributed by atoms with Gasteiger partial charge in [0.2, 0.25) is 10.0 Å². The van der Waals surface area contributed by atoms with Crippen molar-refractivity contribution in [2.75, 3.05) is 12.3 Å². The highest BCUT2D eigenvalue weighted by Crippen LogP contribution is 2.40. The van der Waals surface area contributed by atoms with E-state index in [0.29, 0.717) is 4.90 Å². The minimum Gasteiger partial charge on any atom is -0.444 e. The van der Waals surface area contributed by atoms with Crippen molar-refractivity contribution < 1.29 is 39.9 Å². The summed E-state index contributed by atoms with van der Waals surface area (Å²) in [5, 5.41) is 0. The van der Waals surface area contributed by atoms with E-state index in [0.717, 1.165) is 18.2 Å². The van der Waals surface area contributed by atoms with Crippen LogP contribution >= 0.6 is 0 Å². The number of pyridine rings is 1. The number of ether oxygens (including phenoxy) is 1. The molecule has 2 aromatic rings. The number of nitrogens with two attached hydrogens (primary N) is 1. The Labute approximate surface area is 230 Å². The van der Waals surface area contributed by atoms with Crippen molar-refractivity contribution in [3.8, 4) is 0 Å². The molecule has 8 nitrogen and oxygen atoms in total. The summed E-state index contributed by atoms with van der Waals surface area (Å²) in [6.07, 6.45) is -1.90. The van der Waals surface area contributed by atoms with Crippen molar-refractivity contribution >= 4 is 16.1 Å². The minimum atomic E-state index is -4.21. The van der Waals surface area contributed by atoms with E-state index in [-0.39, 0.29) is 17.8 Å². The molecule has 1 fully saturated rings. The van der Waals surface area contributed by atoms with Crippen molar-refractivity contribution in [3.63, 3.8) is 0 Å². The van der Waals surface area contributed by atoms with Gasteiger partial charge in [0, 0.05) is 6.54 Å². The number of aryl methyl sites for hydroxylation is 1. The number of hydrogen-bond acceptors (Lipinski definition) is 6. The van der Waals surface area contributed by atoms with Crippen LogP contribution in [0.15, 0.2) is 30.3 Å². The van der Waals surface area contributed by atoms with Crippen molar-refractivity contribution in [2.24, 2.45) is 5.73 Å². The number of likely N-dealkylation sites (tertiary alicyclic amines) is 1. The van der Waals surface area contributed by atoms with E-state index in [1.54, 1.807) is 0 Å². The molecule has 2 heterocycles. The highest BCUT2D eigenvalue weighted by atomic mass is 32.2. The Morgan fingerprint density at radius 2 is 1.88 bits per heavy atom. The molecule has 222 valence electrons. The summed E-state index contributed by atoms with van der Waals surface area (Å²) in [5.74, 6) is -9.64. The first kappa shape index (κ1) is 31.7. The topological polar surface area (TPSA) is 115 Å². The third-order valence-corrected chi connectivity index (χ3v) is 7.82. The number of nitrogens with zero attached hydrogens (tertiary/aromatic N) is 2. The normalized spacial score (nSPS) is 19.6. The maximum Gasteiger partial charge on any atom is 0.410 e. The zero-order valence-corrected chi connectivity index (χ0v) is 23.6. The summed E-state index contributed by atoms with van der Waals surface area (Å²) < 4.78 is 109. The molecule has 0 bridgehead atoms. The van der Waals surface area contributed by atoms with Crippen molar-refractivity contribution in [1.82, 2.24) is 14.6 Å². The molecular weight excluding hydrogens is 559 g/mol. The number of carbonyl (C=O) groups excluding carboxylic acids is 1. The Balaban J connectivity index is 2.09. The molecule has 1 aromatic carbocycles. The minimum absolute atomic E-state index is 0.0765. The lowest BCUT2D eigenvalue weighted by molar-refractivity contribution is -0.0122. The van der Waals surface area contributed by atoms with E-state index >= 15 is 22.0 Å². The third-order valence-electron chi connectivity index (χ3n) is 6.44. The highest BCUT2D eigenvalue weighted by molar-refractivity contribution is 7.89. The zero-order valence-electron chi connectivity index (χ0n) is 22.8. The van der Waals surface area contributed by atoms with Gasteiger partial charge in [0.25, 0.3) is 5.92 Å². The molecule has 0 spiro atoms. The Kier molecular flexibility index (Phi) is 8.88. The maximum atomic E-state index is 15.8. The number of benzene rings is 1. The first-order valence-electron chi connectivity index (χ1n) is 12.5. The van der Waals surface area contributed by atoms with Crippen LogP contribution in [0.25, 0.3) is 0 Å². The second-order valence-corrected chi connectivity index (χ2v) is 12.7. The number of sulfonamides is 1. The van der Waals surface area contributed by atoms with Gasteiger partial charge in [0.05, 0.1) is 29.6 Å². The lowest BCUT2D eigenvalue weighted by Crippen LogP contribution is -2.53. The van der Waals surface area contributed by atoms with Gasteiger partial charge in [-0.3, -0.25) is 4.90 Å². The number of hydrogen-bond donors (Lipinski definition) is 2. The molecular formula is C26H33F5N4O4S. The predicted octanol–water partition coefficient (Wildman–Crippen LogP) is 4.23. The van der Waals surface area contributed by atoms with Gasteiger partial charge in [-0.05, 0) is 64.3 Å². The SMILES string of the molecule is CCS(=O)(=O)N[C@@H]1[C@H](Cc2cccc(C(F)(F)c3nc(CN)ccc3C)c2F)N(C(=O)OC(C)(C)C)CC1(F)F. The summed E-state index contributed by atoms with van der Waals surface area (Å²) in [5.41, 5.74) is 2.46. The third kappa shape index (κ3) is 6.72. The standard InChI is InChI=1S/C26H33F5N4O4S/c1-6-40(37,38)34-22-19(35(14-25(22,28)29)23(36)39-24(3,4)5)12-16-8-7-9-18(20(16)27)26(30,31)21-15(2)10-11-17(13-32)33-21/h7-11,19,22,34H,6,12-14,32H2,1-5H3/t19-,22+/m0/s1. The molecule has 1 saturated heterocycles. The number of nitrogens with one attached hydrogen (secondary N) is 1. The first-order valence-corrected chi connectivity index (χ1v) is 14.2. The molecule has 0 radical (unpaired) electrons. The summed E-state index contributed by atoms with van der Waals surface area (Å²) in [4.78, 5) is 17.4. The fourth-order valence-electron chi connectivity index (χ4n) is 4.43. The van der Waals surface area contributed by atoms with Gasteiger partial charge in [-0.2, -0.15) is 8.78 Å². The van der Waals surface area contributed by atoms with Gasteiger partial charge < -0.3 is 10.5 Å². The number of rotatable bonds is 8. The molecule has 1 aromatic heterocycles. The Hall–Kier alpha value is -2.84. The monoisotopic (exact) mass is 592 g/mol. The quantitative estimate of drug-likeness (QED) is 0.444. The van der Waals surface area contributed by atoms with E-state index in [4.69, 9.17) is 10.5 Å². The van der Waals surface area contributed by atoms with E-state index in [1.165, 1.54) is 46.8 Å². The number of aromatic nitrogens is 1. The van der Waals surface area contributed by atoms with Crippen LogP contribution in [0.5, 0.6) is 0 Å². The zero-order chi connectivity index (χ0) is 30.3. The van der Waals surface area contributed by atoms with Gasteiger partial charge in [-0.25, -0.2) is 36.1 Å². The van der Waals surface area contributed by atoms with Crippen LogP contribution in [-0.4, -0.2) is 60.3 Å². The molecule has 0 aliphatic carbocycles. The van der Waals surface area contributed by atoms with Crippen LogP contribution in [-0.2, 0) is 33.6 Å². The number of halogens is 5. The fraction of sp³-hybridized carbons (Fsp3) is 0.538. The molecule has 1 aliphatic rings. The molecule has 0 unspecified atom stereocenters. The van der Waals surface area contributed by atoms with Gasteiger partial charge in [0.1, 0.15) is 23.2 Å².